The average Bonchev–Trinajstić information content (AvgIpc) is 3.29. The summed E-state index contributed by atoms with van der Waals surface area (Å²) in [7, 11) is 6.76. The minimum Gasteiger partial charge on any atom is -0.467 e. The van der Waals surface area contributed by atoms with Gasteiger partial charge in [0.05, 0.1) is 23.7 Å². The molecule has 0 spiro atoms. The van der Waals surface area contributed by atoms with E-state index in [1.807, 2.05) is 38.9 Å². The average molecular weight is 750 g/mol. The zero-order valence-electron chi connectivity index (χ0n) is 32.5. The summed E-state index contributed by atoms with van der Waals surface area (Å²) in [6, 6.07) is 14.0. The van der Waals surface area contributed by atoms with Crippen LogP contribution in [0.15, 0.2) is 54.6 Å². The van der Waals surface area contributed by atoms with Crippen LogP contribution < -0.4 is 19.7 Å². The fourth-order valence-corrected chi connectivity index (χ4v) is 5.85. The SMILES string of the molecule is COCOc1ccc(N(C)C)cc1C(=O)c1ccc(C(=O)O[C@@H]2CCCN(OC(=O)OC(C)(C)C)C[C@H]2NC(=O)c2cc(C)c(OCOC)c(C)c2)cc1. The molecule has 1 heterocycles. The van der Waals surface area contributed by atoms with Crippen molar-refractivity contribution < 1.29 is 52.4 Å². The fraction of sp³-hybridized carbons (Fsp3) is 0.450. The fourth-order valence-electron chi connectivity index (χ4n) is 5.85. The standard InChI is InChI=1S/C40H51N3O11/c1-25-19-29(20-26(2)36(25)51-24-49-9)37(45)41-32-22-43(54-39(47)53-40(3,4)5)18-10-11-34(32)52-38(46)28-14-12-27(13-15-28)35(44)31-21-30(42(6)7)16-17-33(31)50-23-48-8/h12-17,19-21,32,34H,10-11,18,22-24H2,1-9H3,(H,41,45)/t32-,34-/m1/s1. The Labute approximate surface area is 316 Å². The molecule has 4 rings (SSSR count). The van der Waals surface area contributed by atoms with E-state index in [2.05, 4.69) is 5.32 Å². The first-order valence-electron chi connectivity index (χ1n) is 17.6. The van der Waals surface area contributed by atoms with Gasteiger partial charge in [0.1, 0.15) is 23.2 Å². The van der Waals surface area contributed by atoms with Crippen molar-refractivity contribution in [1.29, 1.82) is 0 Å². The number of carbonyl (C=O) groups excluding carboxylic acids is 4. The van der Waals surface area contributed by atoms with Crippen molar-refractivity contribution in [2.75, 3.05) is 59.9 Å². The Morgan fingerprint density at radius 1 is 0.852 bits per heavy atom. The van der Waals surface area contributed by atoms with Crippen LogP contribution in [0.2, 0.25) is 0 Å². The summed E-state index contributed by atoms with van der Waals surface area (Å²) < 4.78 is 32.8. The molecule has 0 bridgehead atoms. The van der Waals surface area contributed by atoms with E-state index in [1.165, 1.54) is 31.4 Å². The highest BCUT2D eigenvalue weighted by atomic mass is 16.8. The second kappa shape index (κ2) is 18.7. The smallest absolute Gasteiger partial charge is 0.467 e. The third kappa shape index (κ3) is 11.4. The molecule has 3 aromatic rings. The summed E-state index contributed by atoms with van der Waals surface area (Å²) in [5.41, 5.74) is 2.76. The summed E-state index contributed by atoms with van der Waals surface area (Å²) in [5, 5.41) is 4.40. The summed E-state index contributed by atoms with van der Waals surface area (Å²) in [6.45, 7) is 9.19. The number of amides is 1. The number of benzene rings is 3. The van der Waals surface area contributed by atoms with E-state index >= 15 is 0 Å². The van der Waals surface area contributed by atoms with Gasteiger partial charge in [-0.3, -0.25) is 9.59 Å². The maximum atomic E-state index is 13.7. The predicted octanol–water partition coefficient (Wildman–Crippen LogP) is 5.85. The number of hydroxylamine groups is 2. The lowest BCUT2D eigenvalue weighted by Crippen LogP contribution is -2.50. The molecule has 1 amide bonds. The first kappa shape index (κ1) is 41.6. The lowest BCUT2D eigenvalue weighted by atomic mass is 10.00. The van der Waals surface area contributed by atoms with Gasteiger partial charge in [-0.25, -0.2) is 9.59 Å². The monoisotopic (exact) mass is 749 g/mol. The number of hydrogen-bond donors (Lipinski definition) is 1. The van der Waals surface area contributed by atoms with Crippen molar-refractivity contribution in [3.63, 3.8) is 0 Å². The van der Waals surface area contributed by atoms with Crippen molar-refractivity contribution in [1.82, 2.24) is 10.4 Å². The van der Waals surface area contributed by atoms with E-state index < -0.39 is 35.8 Å². The molecule has 1 N–H and O–H groups in total. The Hall–Kier alpha value is -5.18. The summed E-state index contributed by atoms with van der Waals surface area (Å²) in [5.74, 6) is -0.390. The van der Waals surface area contributed by atoms with Gasteiger partial charge in [-0.05, 0) is 101 Å². The summed E-state index contributed by atoms with van der Waals surface area (Å²) in [6.07, 6.45) is -0.850. The van der Waals surface area contributed by atoms with E-state index in [0.717, 1.165) is 16.8 Å². The number of ketones is 1. The number of ether oxygens (including phenoxy) is 6. The quantitative estimate of drug-likeness (QED) is 0.119. The van der Waals surface area contributed by atoms with E-state index in [4.69, 9.17) is 33.3 Å². The lowest BCUT2D eigenvalue weighted by Gasteiger charge is -2.29. The van der Waals surface area contributed by atoms with E-state index in [-0.39, 0.29) is 31.5 Å². The van der Waals surface area contributed by atoms with E-state index in [9.17, 15) is 19.2 Å². The van der Waals surface area contributed by atoms with Crippen LogP contribution in [0.25, 0.3) is 0 Å². The minimum absolute atomic E-state index is 0.0167. The molecule has 2 atom stereocenters. The summed E-state index contributed by atoms with van der Waals surface area (Å²) >= 11 is 0. The second-order valence-corrected chi connectivity index (χ2v) is 14.1. The third-order valence-electron chi connectivity index (χ3n) is 8.40. The molecule has 0 aromatic heterocycles. The number of methoxy groups -OCH3 is 2. The highest BCUT2D eigenvalue weighted by Gasteiger charge is 2.34. The molecule has 0 aliphatic carbocycles. The molecule has 14 nitrogen and oxygen atoms in total. The van der Waals surface area contributed by atoms with Gasteiger partial charge >= 0.3 is 12.1 Å². The van der Waals surface area contributed by atoms with Crippen molar-refractivity contribution in [3.05, 3.63) is 88.0 Å². The van der Waals surface area contributed by atoms with Crippen molar-refractivity contribution in [2.45, 2.75) is 65.2 Å². The van der Waals surface area contributed by atoms with Crippen molar-refractivity contribution in [3.8, 4) is 11.5 Å². The van der Waals surface area contributed by atoms with Gasteiger partial charge in [-0.2, -0.15) is 0 Å². The molecule has 0 radical (unpaired) electrons. The largest absolute Gasteiger partial charge is 0.528 e. The van der Waals surface area contributed by atoms with Crippen LogP contribution in [-0.2, 0) is 23.8 Å². The number of nitrogens with one attached hydrogen (secondary N) is 1. The van der Waals surface area contributed by atoms with Crippen LogP contribution in [0.5, 0.6) is 11.5 Å². The van der Waals surface area contributed by atoms with Gasteiger partial charge < -0.3 is 43.5 Å². The zero-order valence-corrected chi connectivity index (χ0v) is 32.5. The van der Waals surface area contributed by atoms with Crippen LogP contribution >= 0.6 is 0 Å². The lowest BCUT2D eigenvalue weighted by molar-refractivity contribution is -0.144. The molecular weight excluding hydrogens is 698 g/mol. The molecular formula is C40H51N3O11. The number of rotatable bonds is 14. The van der Waals surface area contributed by atoms with Crippen LogP contribution in [0.1, 0.15) is 81.4 Å². The van der Waals surface area contributed by atoms with Gasteiger partial charge in [0, 0.05) is 51.7 Å². The molecule has 54 heavy (non-hydrogen) atoms. The molecule has 1 fully saturated rings. The van der Waals surface area contributed by atoms with Crippen LogP contribution in [0, 0.1) is 13.8 Å². The molecule has 0 unspecified atom stereocenters. The van der Waals surface area contributed by atoms with Crippen molar-refractivity contribution >= 4 is 29.5 Å². The topological polar surface area (TPSA) is 151 Å². The van der Waals surface area contributed by atoms with Gasteiger partial charge in [-0.15, -0.1) is 5.06 Å². The first-order valence-corrected chi connectivity index (χ1v) is 17.6. The Kier molecular flexibility index (Phi) is 14.4. The van der Waals surface area contributed by atoms with Gasteiger partial charge in [0.2, 0.25) is 0 Å². The maximum absolute atomic E-state index is 13.7. The number of carbonyl (C=O) groups is 4. The maximum Gasteiger partial charge on any atom is 0.528 e. The van der Waals surface area contributed by atoms with E-state index in [1.54, 1.807) is 57.2 Å². The first-order chi connectivity index (χ1) is 25.6. The Balaban J connectivity index is 1.55. The van der Waals surface area contributed by atoms with Gasteiger partial charge in [0.25, 0.3) is 5.91 Å². The predicted molar refractivity (Wildman–Crippen MR) is 200 cm³/mol. The molecule has 292 valence electrons. The number of esters is 1. The number of aryl methyl sites for hydroxylation is 2. The summed E-state index contributed by atoms with van der Waals surface area (Å²) in [4.78, 5) is 60.9. The number of nitrogens with zero attached hydrogens (tertiary/aromatic N) is 2. The van der Waals surface area contributed by atoms with Gasteiger partial charge in [0.15, 0.2) is 19.4 Å². The normalized spacial score (nSPS) is 16.1. The van der Waals surface area contributed by atoms with Crippen LogP contribution in [-0.4, -0.2) is 102 Å². The molecule has 1 saturated heterocycles. The number of anilines is 1. The third-order valence-corrected chi connectivity index (χ3v) is 8.40. The molecule has 14 heteroatoms. The van der Waals surface area contributed by atoms with E-state index in [0.29, 0.717) is 47.6 Å². The molecule has 0 saturated carbocycles. The highest BCUT2D eigenvalue weighted by Crippen LogP contribution is 2.28. The Bertz CT molecular complexity index is 1760. The number of hydrogen-bond acceptors (Lipinski definition) is 13. The minimum atomic E-state index is -0.888. The molecule has 1 aliphatic rings. The van der Waals surface area contributed by atoms with Gasteiger partial charge in [-0.1, -0.05) is 12.1 Å². The Morgan fingerprint density at radius 3 is 2.09 bits per heavy atom. The Morgan fingerprint density at radius 2 is 1.48 bits per heavy atom. The second-order valence-electron chi connectivity index (χ2n) is 14.1. The molecule has 3 aromatic carbocycles. The van der Waals surface area contributed by atoms with Crippen molar-refractivity contribution in [2.24, 2.45) is 0 Å². The molecule has 1 aliphatic heterocycles. The zero-order chi connectivity index (χ0) is 39.6. The van der Waals surface area contributed by atoms with Crippen LogP contribution in [0.3, 0.4) is 0 Å². The highest BCUT2D eigenvalue weighted by molar-refractivity contribution is 6.11. The van der Waals surface area contributed by atoms with Crippen LogP contribution in [0.4, 0.5) is 10.5 Å².